The molecule has 2 N–H and O–H groups in total. The SMILES string of the molecule is FC(F)(F)c1ncc(CC2CCCCN2)[nH]1. The minimum atomic E-state index is -4.38. The molecule has 0 bridgehead atoms. The number of alkyl halides is 3. The molecule has 2 heterocycles. The van der Waals surface area contributed by atoms with Gasteiger partial charge in [0.25, 0.3) is 0 Å². The third kappa shape index (κ3) is 2.75. The van der Waals surface area contributed by atoms with Gasteiger partial charge in [0.2, 0.25) is 5.82 Å². The van der Waals surface area contributed by atoms with Gasteiger partial charge in [-0.3, -0.25) is 0 Å². The first kappa shape index (κ1) is 11.4. The van der Waals surface area contributed by atoms with Crippen LogP contribution in [-0.2, 0) is 12.6 Å². The molecule has 1 unspecified atom stereocenters. The van der Waals surface area contributed by atoms with E-state index in [4.69, 9.17) is 0 Å². The monoisotopic (exact) mass is 233 g/mol. The Morgan fingerprint density at radius 2 is 2.19 bits per heavy atom. The van der Waals surface area contributed by atoms with Crippen molar-refractivity contribution >= 4 is 0 Å². The highest BCUT2D eigenvalue weighted by atomic mass is 19.4. The second-order valence-corrected chi connectivity index (χ2v) is 4.11. The lowest BCUT2D eigenvalue weighted by molar-refractivity contribution is -0.144. The molecule has 90 valence electrons. The number of H-pyrrole nitrogens is 1. The van der Waals surface area contributed by atoms with Gasteiger partial charge in [0.05, 0.1) is 0 Å². The maximum atomic E-state index is 12.3. The number of aromatic amines is 1. The summed E-state index contributed by atoms with van der Waals surface area (Å²) in [5.74, 6) is -0.904. The molecular weight excluding hydrogens is 219 g/mol. The molecule has 0 saturated carbocycles. The quantitative estimate of drug-likeness (QED) is 0.821. The second-order valence-electron chi connectivity index (χ2n) is 4.11. The van der Waals surface area contributed by atoms with E-state index in [-0.39, 0.29) is 6.04 Å². The molecule has 1 fully saturated rings. The van der Waals surface area contributed by atoms with E-state index in [0.29, 0.717) is 12.1 Å². The van der Waals surface area contributed by atoms with E-state index < -0.39 is 12.0 Å². The van der Waals surface area contributed by atoms with Crippen molar-refractivity contribution in [2.45, 2.75) is 37.9 Å². The average Bonchev–Trinajstić information content (AvgIpc) is 2.67. The molecule has 1 aromatic rings. The van der Waals surface area contributed by atoms with Crippen molar-refractivity contribution < 1.29 is 13.2 Å². The Hall–Kier alpha value is -1.04. The van der Waals surface area contributed by atoms with Crippen LogP contribution < -0.4 is 5.32 Å². The Labute approximate surface area is 91.5 Å². The number of piperidine rings is 1. The number of hydrogen-bond donors (Lipinski definition) is 2. The Morgan fingerprint density at radius 1 is 1.38 bits per heavy atom. The van der Waals surface area contributed by atoms with Gasteiger partial charge in [-0.1, -0.05) is 6.42 Å². The normalized spacial score (nSPS) is 22.3. The molecule has 1 atom stereocenters. The van der Waals surface area contributed by atoms with E-state index in [9.17, 15) is 13.2 Å². The van der Waals surface area contributed by atoms with Crippen LogP contribution >= 0.6 is 0 Å². The van der Waals surface area contributed by atoms with Crippen molar-refractivity contribution in [2.75, 3.05) is 6.54 Å². The minimum absolute atomic E-state index is 0.273. The number of aromatic nitrogens is 2. The zero-order valence-corrected chi connectivity index (χ0v) is 8.77. The molecule has 0 radical (unpaired) electrons. The molecular formula is C10H14F3N3. The lowest BCUT2D eigenvalue weighted by Gasteiger charge is -2.22. The van der Waals surface area contributed by atoms with Gasteiger partial charge in [0.1, 0.15) is 0 Å². The molecule has 3 nitrogen and oxygen atoms in total. The highest BCUT2D eigenvalue weighted by molar-refractivity contribution is 5.05. The lowest BCUT2D eigenvalue weighted by Crippen LogP contribution is -2.35. The van der Waals surface area contributed by atoms with E-state index in [0.717, 1.165) is 25.8 Å². The fourth-order valence-electron chi connectivity index (χ4n) is 1.97. The summed E-state index contributed by atoms with van der Waals surface area (Å²) in [6.45, 7) is 0.949. The Balaban J connectivity index is 1.97. The lowest BCUT2D eigenvalue weighted by atomic mass is 10.0. The standard InChI is InChI=1S/C10H14F3N3/c11-10(12,13)9-15-6-8(16-9)5-7-3-1-2-4-14-7/h6-7,14H,1-5H2,(H,15,16). The smallest absolute Gasteiger partial charge is 0.338 e. The van der Waals surface area contributed by atoms with Crippen LogP contribution in [0.3, 0.4) is 0 Å². The summed E-state index contributed by atoms with van der Waals surface area (Å²) in [5, 5.41) is 3.29. The van der Waals surface area contributed by atoms with Crippen LogP contribution in [0.15, 0.2) is 6.20 Å². The van der Waals surface area contributed by atoms with E-state index in [1.54, 1.807) is 0 Å². The first-order valence-corrected chi connectivity index (χ1v) is 5.40. The molecule has 1 saturated heterocycles. The van der Waals surface area contributed by atoms with Crippen molar-refractivity contribution in [1.29, 1.82) is 0 Å². The summed E-state index contributed by atoms with van der Waals surface area (Å²) in [5.41, 5.74) is 0.548. The molecule has 0 spiro atoms. The number of rotatable bonds is 2. The van der Waals surface area contributed by atoms with Gasteiger partial charge in [-0.15, -0.1) is 0 Å². The van der Waals surface area contributed by atoms with E-state index in [1.807, 2.05) is 0 Å². The summed E-state index contributed by atoms with van der Waals surface area (Å²) in [4.78, 5) is 5.67. The molecule has 16 heavy (non-hydrogen) atoms. The molecule has 2 rings (SSSR count). The summed E-state index contributed by atoms with van der Waals surface area (Å²) in [7, 11) is 0. The van der Waals surface area contributed by atoms with E-state index in [1.165, 1.54) is 6.20 Å². The summed E-state index contributed by atoms with van der Waals surface area (Å²) >= 11 is 0. The van der Waals surface area contributed by atoms with Crippen LogP contribution in [0.5, 0.6) is 0 Å². The Morgan fingerprint density at radius 3 is 2.75 bits per heavy atom. The Bertz CT molecular complexity index is 339. The molecule has 0 amide bonds. The van der Waals surface area contributed by atoms with Crippen molar-refractivity contribution in [3.05, 3.63) is 17.7 Å². The minimum Gasteiger partial charge on any atom is -0.338 e. The highest BCUT2D eigenvalue weighted by Gasteiger charge is 2.34. The zero-order chi connectivity index (χ0) is 11.6. The van der Waals surface area contributed by atoms with Crippen LogP contribution in [0.1, 0.15) is 30.8 Å². The summed E-state index contributed by atoms with van der Waals surface area (Å²) in [6.07, 6.45) is 0.784. The maximum Gasteiger partial charge on any atom is 0.449 e. The molecule has 1 aliphatic rings. The van der Waals surface area contributed by atoms with Crippen LogP contribution in [-0.4, -0.2) is 22.6 Å². The number of halogens is 3. The van der Waals surface area contributed by atoms with Crippen LogP contribution in [0.2, 0.25) is 0 Å². The molecule has 1 aromatic heterocycles. The third-order valence-corrected chi connectivity index (χ3v) is 2.78. The van der Waals surface area contributed by atoms with Gasteiger partial charge in [0.15, 0.2) is 0 Å². The predicted octanol–water partition coefficient (Wildman–Crippen LogP) is 2.11. The fraction of sp³-hybridized carbons (Fsp3) is 0.700. The van der Waals surface area contributed by atoms with Crippen molar-refractivity contribution in [3.8, 4) is 0 Å². The van der Waals surface area contributed by atoms with Gasteiger partial charge in [0, 0.05) is 24.4 Å². The van der Waals surface area contributed by atoms with E-state index in [2.05, 4.69) is 15.3 Å². The summed E-state index contributed by atoms with van der Waals surface area (Å²) < 4.78 is 36.8. The van der Waals surface area contributed by atoms with Gasteiger partial charge in [-0.05, 0) is 19.4 Å². The van der Waals surface area contributed by atoms with Crippen LogP contribution in [0.25, 0.3) is 0 Å². The van der Waals surface area contributed by atoms with Crippen molar-refractivity contribution in [1.82, 2.24) is 15.3 Å². The van der Waals surface area contributed by atoms with Gasteiger partial charge in [-0.2, -0.15) is 13.2 Å². The second kappa shape index (κ2) is 4.45. The van der Waals surface area contributed by atoms with Crippen LogP contribution in [0, 0.1) is 0 Å². The molecule has 6 heteroatoms. The first-order valence-electron chi connectivity index (χ1n) is 5.40. The Kier molecular flexibility index (Phi) is 3.18. The fourth-order valence-corrected chi connectivity index (χ4v) is 1.97. The van der Waals surface area contributed by atoms with E-state index >= 15 is 0 Å². The molecule has 0 aliphatic carbocycles. The number of nitrogens with zero attached hydrogens (tertiary/aromatic N) is 1. The number of hydrogen-bond acceptors (Lipinski definition) is 2. The topological polar surface area (TPSA) is 40.7 Å². The summed E-state index contributed by atoms with van der Waals surface area (Å²) in [6, 6.07) is 0.273. The predicted molar refractivity (Wildman–Crippen MR) is 52.9 cm³/mol. The third-order valence-electron chi connectivity index (χ3n) is 2.78. The average molecular weight is 233 g/mol. The first-order chi connectivity index (χ1) is 7.55. The number of imidazole rings is 1. The maximum absolute atomic E-state index is 12.3. The van der Waals surface area contributed by atoms with Crippen molar-refractivity contribution in [3.63, 3.8) is 0 Å². The zero-order valence-electron chi connectivity index (χ0n) is 8.77. The molecule has 1 aliphatic heterocycles. The van der Waals surface area contributed by atoms with Crippen molar-refractivity contribution in [2.24, 2.45) is 0 Å². The molecule has 0 aromatic carbocycles. The largest absolute Gasteiger partial charge is 0.449 e. The van der Waals surface area contributed by atoms with Gasteiger partial charge in [-0.25, -0.2) is 4.98 Å². The van der Waals surface area contributed by atoms with Gasteiger partial charge >= 0.3 is 6.18 Å². The number of nitrogens with one attached hydrogen (secondary N) is 2. The van der Waals surface area contributed by atoms with Crippen LogP contribution in [0.4, 0.5) is 13.2 Å². The highest BCUT2D eigenvalue weighted by Crippen LogP contribution is 2.26. The van der Waals surface area contributed by atoms with Gasteiger partial charge < -0.3 is 10.3 Å².